The molecule has 166 valence electrons. The average molecular weight is 455 g/mol. The summed E-state index contributed by atoms with van der Waals surface area (Å²) < 4.78 is 12.5. The topological polar surface area (TPSA) is 98.5 Å². The first-order chi connectivity index (χ1) is 15.4. The fraction of sp³-hybridized carbons (Fsp3) is 0.261. The van der Waals surface area contributed by atoms with Crippen molar-refractivity contribution in [3.8, 4) is 22.9 Å². The minimum atomic E-state index is -0.626. The van der Waals surface area contributed by atoms with E-state index in [2.05, 4.69) is 15.4 Å². The van der Waals surface area contributed by atoms with Crippen LogP contribution in [-0.4, -0.2) is 39.1 Å². The van der Waals surface area contributed by atoms with Gasteiger partial charge in [0.2, 0.25) is 5.95 Å². The van der Waals surface area contributed by atoms with E-state index in [9.17, 15) is 9.90 Å². The predicted octanol–water partition coefficient (Wildman–Crippen LogP) is 4.55. The van der Waals surface area contributed by atoms with Crippen LogP contribution in [-0.2, 0) is 9.53 Å². The van der Waals surface area contributed by atoms with Gasteiger partial charge in [-0.1, -0.05) is 17.7 Å². The summed E-state index contributed by atoms with van der Waals surface area (Å²) in [5.74, 6) is 0.850. The lowest BCUT2D eigenvalue weighted by Crippen LogP contribution is -2.29. The van der Waals surface area contributed by atoms with Crippen molar-refractivity contribution < 1.29 is 19.4 Å². The highest BCUT2D eigenvalue weighted by molar-refractivity contribution is 6.30. The molecule has 0 fully saturated rings. The normalized spacial score (nSPS) is 15.2. The molecule has 0 radical (unpaired) electrons. The smallest absolute Gasteiger partial charge is 0.338 e. The minimum absolute atomic E-state index is 0.0172. The highest BCUT2D eigenvalue weighted by Crippen LogP contribution is 2.39. The van der Waals surface area contributed by atoms with Crippen LogP contribution in [0.4, 0.5) is 5.95 Å². The van der Waals surface area contributed by atoms with Gasteiger partial charge in [0.05, 0.1) is 18.8 Å². The Kier molecular flexibility index (Phi) is 6.05. The zero-order valence-corrected chi connectivity index (χ0v) is 18.7. The van der Waals surface area contributed by atoms with Gasteiger partial charge in [0.1, 0.15) is 6.04 Å². The van der Waals surface area contributed by atoms with Crippen LogP contribution in [0.2, 0.25) is 5.02 Å². The number of nitrogens with one attached hydrogen (secondary N) is 1. The second kappa shape index (κ2) is 8.92. The number of allylic oxidation sites excluding steroid dienone is 1. The van der Waals surface area contributed by atoms with Crippen LogP contribution in [0, 0.1) is 0 Å². The Balaban J connectivity index is 1.87. The van der Waals surface area contributed by atoms with Crippen LogP contribution < -0.4 is 10.1 Å². The zero-order chi connectivity index (χ0) is 22.8. The lowest BCUT2D eigenvalue weighted by molar-refractivity contribution is -0.139. The van der Waals surface area contributed by atoms with Crippen molar-refractivity contribution in [2.75, 3.05) is 18.5 Å². The third-order valence-electron chi connectivity index (χ3n) is 5.05. The van der Waals surface area contributed by atoms with E-state index in [1.54, 1.807) is 42.8 Å². The maximum Gasteiger partial charge on any atom is 0.338 e. The van der Waals surface area contributed by atoms with Gasteiger partial charge in [-0.2, -0.15) is 4.98 Å². The molecular formula is C23H23ClN4O4. The van der Waals surface area contributed by atoms with E-state index in [4.69, 9.17) is 21.1 Å². The first kappa shape index (κ1) is 21.7. The molecule has 0 saturated heterocycles. The van der Waals surface area contributed by atoms with Crippen LogP contribution in [0.5, 0.6) is 11.5 Å². The molecule has 0 bridgehead atoms. The highest BCUT2D eigenvalue weighted by Gasteiger charge is 2.35. The fourth-order valence-electron chi connectivity index (χ4n) is 3.63. The van der Waals surface area contributed by atoms with Crippen LogP contribution in [0.1, 0.15) is 32.4 Å². The molecule has 8 nitrogen and oxygen atoms in total. The second-order valence-electron chi connectivity index (χ2n) is 7.16. The van der Waals surface area contributed by atoms with E-state index < -0.39 is 12.0 Å². The van der Waals surface area contributed by atoms with Gasteiger partial charge in [-0.05, 0) is 62.7 Å². The molecule has 4 rings (SSSR count). The van der Waals surface area contributed by atoms with Crippen molar-refractivity contribution in [3.05, 3.63) is 64.3 Å². The number of carbonyl (C=O) groups is 1. The first-order valence-corrected chi connectivity index (χ1v) is 10.6. The number of anilines is 1. The number of ether oxygens (including phenoxy) is 2. The third-order valence-corrected chi connectivity index (χ3v) is 5.30. The summed E-state index contributed by atoms with van der Waals surface area (Å²) in [5.41, 5.74) is 2.50. The van der Waals surface area contributed by atoms with E-state index in [0.29, 0.717) is 46.0 Å². The summed E-state index contributed by atoms with van der Waals surface area (Å²) in [6.07, 6.45) is 0. The molecule has 1 atom stereocenters. The van der Waals surface area contributed by atoms with Gasteiger partial charge >= 0.3 is 5.97 Å². The number of rotatable bonds is 6. The number of aromatic nitrogens is 3. The molecule has 1 aromatic heterocycles. The van der Waals surface area contributed by atoms with Crippen molar-refractivity contribution in [3.63, 3.8) is 0 Å². The Morgan fingerprint density at radius 3 is 2.62 bits per heavy atom. The number of fused-ring (bicyclic) bond motifs is 1. The highest BCUT2D eigenvalue weighted by atomic mass is 35.5. The van der Waals surface area contributed by atoms with E-state index in [-0.39, 0.29) is 12.4 Å². The van der Waals surface area contributed by atoms with Crippen LogP contribution in [0.3, 0.4) is 0 Å². The predicted molar refractivity (Wildman–Crippen MR) is 121 cm³/mol. The Labute approximate surface area is 190 Å². The second-order valence-corrected chi connectivity index (χ2v) is 7.59. The number of hydrogen-bond acceptors (Lipinski definition) is 7. The number of aromatic hydroxyl groups is 1. The molecule has 1 unspecified atom stereocenters. The van der Waals surface area contributed by atoms with Gasteiger partial charge in [-0.25, -0.2) is 9.48 Å². The Morgan fingerprint density at radius 1 is 1.19 bits per heavy atom. The number of esters is 1. The third kappa shape index (κ3) is 4.01. The van der Waals surface area contributed by atoms with E-state index in [1.807, 2.05) is 19.1 Å². The van der Waals surface area contributed by atoms with Crippen molar-refractivity contribution in [2.24, 2.45) is 0 Å². The molecule has 2 N–H and O–H groups in total. The van der Waals surface area contributed by atoms with Gasteiger partial charge in [0.25, 0.3) is 0 Å². The lowest BCUT2D eigenvalue weighted by Gasteiger charge is -2.28. The van der Waals surface area contributed by atoms with Crippen molar-refractivity contribution in [1.82, 2.24) is 14.8 Å². The van der Waals surface area contributed by atoms with Crippen molar-refractivity contribution in [1.29, 1.82) is 0 Å². The summed E-state index contributed by atoms with van der Waals surface area (Å²) >= 11 is 6.01. The molecule has 2 aromatic carbocycles. The van der Waals surface area contributed by atoms with Crippen molar-refractivity contribution in [2.45, 2.75) is 26.8 Å². The standard InChI is InChI=1S/C23H23ClN4O4/c1-4-31-18-12-15(8-11-17(18)29)20-19(22(30)32-5-2)13(3)25-23-26-21(27-28(20)23)14-6-9-16(24)10-7-14/h6-12,20,29H,4-5H2,1-3H3,(H,25,26,27). The Bertz CT molecular complexity index is 1190. The summed E-state index contributed by atoms with van der Waals surface area (Å²) in [5, 5.41) is 18.6. The number of carbonyl (C=O) groups excluding carboxylic acids is 1. The average Bonchev–Trinajstić information content (AvgIpc) is 3.18. The van der Waals surface area contributed by atoms with Gasteiger partial charge in [0.15, 0.2) is 17.3 Å². The lowest BCUT2D eigenvalue weighted by atomic mass is 9.95. The molecular weight excluding hydrogens is 432 g/mol. The molecule has 9 heteroatoms. The quantitative estimate of drug-likeness (QED) is 0.527. The molecule has 0 saturated carbocycles. The number of phenolic OH excluding ortho intramolecular Hbond substituents is 1. The van der Waals surface area contributed by atoms with E-state index in [1.165, 1.54) is 6.07 Å². The molecule has 0 spiro atoms. The zero-order valence-electron chi connectivity index (χ0n) is 17.9. The Hall–Kier alpha value is -3.52. The molecule has 1 aliphatic rings. The maximum atomic E-state index is 12.9. The number of phenols is 1. The number of benzene rings is 2. The fourth-order valence-corrected chi connectivity index (χ4v) is 3.75. The van der Waals surface area contributed by atoms with Crippen LogP contribution in [0.15, 0.2) is 53.7 Å². The summed E-state index contributed by atoms with van der Waals surface area (Å²) in [7, 11) is 0. The summed E-state index contributed by atoms with van der Waals surface area (Å²) in [4.78, 5) is 17.5. The summed E-state index contributed by atoms with van der Waals surface area (Å²) in [6, 6.07) is 11.5. The van der Waals surface area contributed by atoms with Crippen molar-refractivity contribution >= 4 is 23.5 Å². The molecule has 2 heterocycles. The number of halogens is 1. The van der Waals surface area contributed by atoms with Gasteiger partial charge in [-0.3, -0.25) is 0 Å². The van der Waals surface area contributed by atoms with Crippen LogP contribution >= 0.6 is 11.6 Å². The minimum Gasteiger partial charge on any atom is -0.504 e. The molecule has 3 aromatic rings. The molecule has 1 aliphatic heterocycles. The SMILES string of the molecule is CCOC(=O)C1=C(C)Nc2nc(-c3ccc(Cl)cc3)nn2C1c1ccc(O)c(OCC)c1. The van der Waals surface area contributed by atoms with Gasteiger partial charge in [0, 0.05) is 16.3 Å². The van der Waals surface area contributed by atoms with Gasteiger partial charge in [-0.15, -0.1) is 5.10 Å². The Morgan fingerprint density at radius 2 is 1.94 bits per heavy atom. The molecule has 0 amide bonds. The molecule has 0 aliphatic carbocycles. The first-order valence-electron chi connectivity index (χ1n) is 10.3. The monoisotopic (exact) mass is 454 g/mol. The summed E-state index contributed by atoms with van der Waals surface area (Å²) in [6.45, 7) is 6.01. The van der Waals surface area contributed by atoms with Gasteiger partial charge < -0.3 is 19.9 Å². The number of nitrogens with zero attached hydrogens (tertiary/aromatic N) is 3. The maximum absolute atomic E-state index is 12.9. The molecule has 32 heavy (non-hydrogen) atoms. The van der Waals surface area contributed by atoms with E-state index in [0.717, 1.165) is 5.56 Å². The largest absolute Gasteiger partial charge is 0.504 e. The number of hydrogen-bond donors (Lipinski definition) is 2. The van der Waals surface area contributed by atoms with E-state index >= 15 is 0 Å². The van der Waals surface area contributed by atoms with Crippen LogP contribution in [0.25, 0.3) is 11.4 Å².